The molecule has 0 aliphatic carbocycles. The van der Waals surface area contributed by atoms with Crippen LogP contribution >= 0.6 is 12.4 Å². The number of nitrogens with one attached hydrogen (secondary N) is 1. The average Bonchev–Trinajstić information content (AvgIpc) is 3.17. The van der Waals surface area contributed by atoms with Crippen LogP contribution < -0.4 is 0 Å². The Kier molecular flexibility index (Phi) is 4.82. The largest absolute Gasteiger partial charge is 0.481 e. The van der Waals surface area contributed by atoms with Crippen LogP contribution in [0.5, 0.6) is 0 Å². The van der Waals surface area contributed by atoms with E-state index < -0.39 is 11.9 Å². The molecule has 0 spiro atoms. The summed E-state index contributed by atoms with van der Waals surface area (Å²) in [7, 11) is 0. The maximum atomic E-state index is 12.3. The van der Waals surface area contributed by atoms with E-state index in [9.17, 15) is 9.59 Å². The Morgan fingerprint density at radius 3 is 2.64 bits per heavy atom. The Balaban J connectivity index is 0.00000176. The van der Waals surface area contributed by atoms with E-state index in [0.717, 1.165) is 5.56 Å². The van der Waals surface area contributed by atoms with Crippen molar-refractivity contribution in [1.82, 2.24) is 15.1 Å². The number of amides is 1. The number of aromatic amines is 1. The van der Waals surface area contributed by atoms with Crippen molar-refractivity contribution in [1.29, 1.82) is 0 Å². The molecule has 2 heterocycles. The first kappa shape index (κ1) is 16.0. The van der Waals surface area contributed by atoms with Crippen molar-refractivity contribution in [2.24, 2.45) is 5.92 Å². The van der Waals surface area contributed by atoms with Crippen molar-refractivity contribution >= 4 is 24.3 Å². The highest BCUT2D eigenvalue weighted by Crippen LogP contribution is 2.21. The molecule has 3 rings (SSSR count). The smallest absolute Gasteiger partial charge is 0.308 e. The van der Waals surface area contributed by atoms with Crippen LogP contribution in [0.2, 0.25) is 0 Å². The average molecular weight is 322 g/mol. The first-order valence-corrected chi connectivity index (χ1v) is 6.78. The number of nitrogens with zero attached hydrogens (tertiary/aromatic N) is 2. The van der Waals surface area contributed by atoms with Crippen molar-refractivity contribution in [2.75, 3.05) is 13.1 Å². The maximum Gasteiger partial charge on any atom is 0.308 e. The highest BCUT2D eigenvalue weighted by atomic mass is 35.5. The second-order valence-electron chi connectivity index (χ2n) is 5.11. The zero-order chi connectivity index (χ0) is 14.8. The minimum Gasteiger partial charge on any atom is -0.481 e. The molecule has 1 fully saturated rings. The van der Waals surface area contributed by atoms with Gasteiger partial charge >= 0.3 is 5.97 Å². The highest BCUT2D eigenvalue weighted by Gasteiger charge is 2.31. The maximum absolute atomic E-state index is 12.3. The number of aromatic nitrogens is 2. The Hall–Kier alpha value is -2.34. The number of hydrogen-bond donors (Lipinski definition) is 2. The quantitative estimate of drug-likeness (QED) is 0.905. The second kappa shape index (κ2) is 6.62. The number of benzene rings is 1. The van der Waals surface area contributed by atoms with Crippen molar-refractivity contribution in [3.63, 3.8) is 0 Å². The van der Waals surface area contributed by atoms with Crippen LogP contribution in [0.1, 0.15) is 16.9 Å². The third-order valence-electron chi connectivity index (χ3n) is 3.70. The van der Waals surface area contributed by atoms with Crippen LogP contribution in [0.15, 0.2) is 36.4 Å². The fourth-order valence-electron chi connectivity index (χ4n) is 2.50. The second-order valence-corrected chi connectivity index (χ2v) is 5.11. The van der Waals surface area contributed by atoms with E-state index in [-0.39, 0.29) is 24.9 Å². The molecule has 0 radical (unpaired) electrons. The molecule has 2 N–H and O–H groups in total. The van der Waals surface area contributed by atoms with E-state index in [1.165, 1.54) is 0 Å². The monoisotopic (exact) mass is 321 g/mol. The number of rotatable bonds is 3. The van der Waals surface area contributed by atoms with Crippen LogP contribution in [0, 0.1) is 5.92 Å². The number of H-pyrrole nitrogens is 1. The predicted molar refractivity (Wildman–Crippen MR) is 82.9 cm³/mol. The van der Waals surface area contributed by atoms with Crippen LogP contribution in [0.25, 0.3) is 11.3 Å². The van der Waals surface area contributed by atoms with E-state index in [0.29, 0.717) is 24.4 Å². The minimum atomic E-state index is -0.847. The van der Waals surface area contributed by atoms with E-state index in [4.69, 9.17) is 5.11 Å². The predicted octanol–water partition coefficient (Wildman–Crippen LogP) is 2.05. The van der Waals surface area contributed by atoms with Gasteiger partial charge in [-0.25, -0.2) is 0 Å². The number of carbonyl (C=O) groups is 2. The molecule has 7 heteroatoms. The molecule has 1 atom stereocenters. The number of carbonyl (C=O) groups excluding carboxylic acids is 1. The molecule has 2 aromatic rings. The van der Waals surface area contributed by atoms with Crippen molar-refractivity contribution in [2.45, 2.75) is 6.42 Å². The van der Waals surface area contributed by atoms with Crippen molar-refractivity contribution in [3.05, 3.63) is 42.1 Å². The molecule has 1 saturated heterocycles. The van der Waals surface area contributed by atoms with E-state index in [1.54, 1.807) is 11.0 Å². The van der Waals surface area contributed by atoms with Gasteiger partial charge in [-0.05, 0) is 12.5 Å². The lowest BCUT2D eigenvalue weighted by Crippen LogP contribution is -2.30. The molecule has 1 amide bonds. The Morgan fingerprint density at radius 1 is 1.27 bits per heavy atom. The number of likely N-dealkylation sites (tertiary alicyclic amines) is 1. The first-order chi connectivity index (χ1) is 10.1. The van der Waals surface area contributed by atoms with E-state index >= 15 is 0 Å². The summed E-state index contributed by atoms with van der Waals surface area (Å²) in [4.78, 5) is 24.8. The molecule has 1 unspecified atom stereocenters. The molecular formula is C15H16ClN3O3. The summed E-state index contributed by atoms with van der Waals surface area (Å²) in [6.45, 7) is 0.726. The fraction of sp³-hybridized carbons (Fsp3) is 0.267. The molecular weight excluding hydrogens is 306 g/mol. The van der Waals surface area contributed by atoms with Gasteiger partial charge in [-0.1, -0.05) is 30.3 Å². The Morgan fingerprint density at radius 2 is 2.00 bits per heavy atom. The molecule has 6 nitrogen and oxygen atoms in total. The van der Waals surface area contributed by atoms with Gasteiger partial charge < -0.3 is 10.0 Å². The van der Waals surface area contributed by atoms with E-state index in [2.05, 4.69) is 10.2 Å². The summed E-state index contributed by atoms with van der Waals surface area (Å²) >= 11 is 0. The summed E-state index contributed by atoms with van der Waals surface area (Å²) in [5.41, 5.74) is 2.02. The molecule has 0 saturated carbocycles. The van der Waals surface area contributed by atoms with Gasteiger partial charge in [0.1, 0.15) is 5.69 Å². The molecule has 1 aromatic heterocycles. The van der Waals surface area contributed by atoms with Gasteiger partial charge in [-0.2, -0.15) is 5.10 Å². The summed E-state index contributed by atoms with van der Waals surface area (Å²) in [6.07, 6.45) is 0.501. The molecule has 1 aromatic carbocycles. The lowest BCUT2D eigenvalue weighted by atomic mass is 10.1. The van der Waals surface area contributed by atoms with Crippen LogP contribution in [0.4, 0.5) is 0 Å². The van der Waals surface area contributed by atoms with Crippen LogP contribution in [-0.4, -0.2) is 45.2 Å². The molecule has 22 heavy (non-hydrogen) atoms. The van der Waals surface area contributed by atoms with Gasteiger partial charge in [0.25, 0.3) is 5.91 Å². The Bertz CT molecular complexity index is 672. The topological polar surface area (TPSA) is 86.3 Å². The molecule has 1 aliphatic rings. The highest BCUT2D eigenvalue weighted by molar-refractivity contribution is 5.94. The standard InChI is InChI=1S/C15H15N3O3.ClH/c19-14(18-7-6-11(9-18)15(20)21)13-8-12(16-17-13)10-4-2-1-3-5-10;/h1-5,8,11H,6-7,9H2,(H,16,17)(H,20,21);1H. The van der Waals surface area contributed by atoms with Gasteiger partial charge in [0.2, 0.25) is 0 Å². The summed E-state index contributed by atoms with van der Waals surface area (Å²) in [6, 6.07) is 11.3. The number of halogens is 1. The normalized spacial score (nSPS) is 17.1. The number of aliphatic carboxylic acids is 1. The zero-order valence-corrected chi connectivity index (χ0v) is 12.5. The SMILES string of the molecule is Cl.O=C(O)C1CCN(C(=O)c2cc(-c3ccccc3)n[nH]2)C1. The summed E-state index contributed by atoms with van der Waals surface area (Å²) in [5, 5.41) is 15.9. The molecule has 1 aliphatic heterocycles. The van der Waals surface area contributed by atoms with Gasteiger partial charge in [-0.3, -0.25) is 14.7 Å². The van der Waals surface area contributed by atoms with Crippen molar-refractivity contribution in [3.8, 4) is 11.3 Å². The van der Waals surface area contributed by atoms with Gasteiger partial charge in [0.15, 0.2) is 0 Å². The number of carboxylic acid groups (broad SMARTS) is 1. The third-order valence-corrected chi connectivity index (χ3v) is 3.70. The number of carboxylic acids is 1. The van der Waals surface area contributed by atoms with Gasteiger partial charge in [-0.15, -0.1) is 12.4 Å². The van der Waals surface area contributed by atoms with Gasteiger partial charge in [0, 0.05) is 18.7 Å². The molecule has 116 valence electrons. The Labute approximate surface area is 133 Å². The summed E-state index contributed by atoms with van der Waals surface area (Å²) in [5.74, 6) is -1.52. The molecule has 0 bridgehead atoms. The van der Waals surface area contributed by atoms with Crippen molar-refractivity contribution < 1.29 is 14.7 Å². The fourth-order valence-corrected chi connectivity index (χ4v) is 2.50. The zero-order valence-electron chi connectivity index (χ0n) is 11.7. The van der Waals surface area contributed by atoms with Gasteiger partial charge in [0.05, 0.1) is 11.6 Å². The third kappa shape index (κ3) is 3.12. The lowest BCUT2D eigenvalue weighted by Gasteiger charge is -2.13. The van der Waals surface area contributed by atoms with E-state index in [1.807, 2.05) is 30.3 Å². The first-order valence-electron chi connectivity index (χ1n) is 6.78. The minimum absolute atomic E-state index is 0. The summed E-state index contributed by atoms with van der Waals surface area (Å²) < 4.78 is 0. The van der Waals surface area contributed by atoms with Crippen LogP contribution in [0.3, 0.4) is 0 Å². The van der Waals surface area contributed by atoms with Crippen LogP contribution in [-0.2, 0) is 4.79 Å². The lowest BCUT2D eigenvalue weighted by molar-refractivity contribution is -0.141. The number of hydrogen-bond acceptors (Lipinski definition) is 3.